The second-order valence-corrected chi connectivity index (χ2v) is 6.68. The van der Waals surface area contributed by atoms with Crippen molar-refractivity contribution in [3.05, 3.63) is 18.6 Å². The van der Waals surface area contributed by atoms with E-state index in [4.69, 9.17) is 5.11 Å². The van der Waals surface area contributed by atoms with E-state index in [1.807, 2.05) is 6.20 Å². The van der Waals surface area contributed by atoms with Crippen LogP contribution >= 0.6 is 0 Å². The highest BCUT2D eigenvalue weighted by atomic mass is 16.3. The summed E-state index contributed by atoms with van der Waals surface area (Å²) in [5.41, 5.74) is 0.907. The molecule has 0 spiro atoms. The van der Waals surface area contributed by atoms with Crippen molar-refractivity contribution < 1.29 is 5.11 Å². The van der Waals surface area contributed by atoms with Crippen LogP contribution in [0.5, 0.6) is 0 Å². The van der Waals surface area contributed by atoms with Gasteiger partial charge in [0, 0.05) is 38.9 Å². The molecule has 6 nitrogen and oxygen atoms in total. The maximum Gasteiger partial charge on any atom is 0.142 e. The second kappa shape index (κ2) is 5.52. The number of aromatic amines is 1. The number of nitrogens with zero attached hydrogens (tertiary/aromatic N) is 4. The zero-order chi connectivity index (χ0) is 15.1. The molecule has 0 aromatic carbocycles. The van der Waals surface area contributed by atoms with Crippen molar-refractivity contribution in [3.8, 4) is 0 Å². The van der Waals surface area contributed by atoms with E-state index in [0.717, 1.165) is 48.3 Å². The molecule has 3 atom stereocenters. The van der Waals surface area contributed by atoms with Crippen molar-refractivity contribution in [2.45, 2.75) is 18.9 Å². The van der Waals surface area contributed by atoms with Gasteiger partial charge in [0.2, 0.25) is 0 Å². The van der Waals surface area contributed by atoms with E-state index in [1.54, 1.807) is 6.33 Å². The largest absolute Gasteiger partial charge is 0.395 e. The summed E-state index contributed by atoms with van der Waals surface area (Å²) in [7, 11) is 2.16. The molecule has 2 aliphatic rings. The molecule has 2 aromatic heterocycles. The van der Waals surface area contributed by atoms with Gasteiger partial charge in [0.1, 0.15) is 17.8 Å². The molecular formula is C16H23N5O. The molecule has 0 bridgehead atoms. The first-order valence-electron chi connectivity index (χ1n) is 8.10. The number of aliphatic hydroxyl groups is 1. The number of fused-ring (bicyclic) bond motifs is 2. The Balaban J connectivity index is 1.49. The summed E-state index contributed by atoms with van der Waals surface area (Å²) in [4.78, 5) is 16.7. The standard InChI is InChI=1S/C16H23N5O/c1-20(16-14-2-3-17-15(14)18-10-19-16)13-6-11-8-21(4-5-22)9-12(11)7-13/h2-3,10-13,22H,4-9H2,1H3,(H,17,18,19)/t11-,12+,13-. The van der Waals surface area contributed by atoms with Crippen LogP contribution in [0.1, 0.15) is 12.8 Å². The maximum atomic E-state index is 9.09. The minimum Gasteiger partial charge on any atom is -0.395 e. The Morgan fingerprint density at radius 3 is 2.82 bits per heavy atom. The molecule has 0 radical (unpaired) electrons. The third-order valence-corrected chi connectivity index (χ3v) is 5.43. The second-order valence-electron chi connectivity index (χ2n) is 6.68. The van der Waals surface area contributed by atoms with Crippen molar-refractivity contribution in [1.82, 2.24) is 19.9 Å². The Morgan fingerprint density at radius 1 is 1.32 bits per heavy atom. The van der Waals surface area contributed by atoms with Gasteiger partial charge < -0.3 is 19.9 Å². The van der Waals surface area contributed by atoms with E-state index < -0.39 is 0 Å². The lowest BCUT2D eigenvalue weighted by Gasteiger charge is -2.27. The van der Waals surface area contributed by atoms with Crippen LogP contribution in [0.2, 0.25) is 0 Å². The lowest BCUT2D eigenvalue weighted by molar-refractivity contribution is 0.211. The number of nitrogens with one attached hydrogen (secondary N) is 1. The highest BCUT2D eigenvalue weighted by Gasteiger charge is 2.42. The van der Waals surface area contributed by atoms with E-state index in [9.17, 15) is 0 Å². The van der Waals surface area contributed by atoms with Gasteiger partial charge in [-0.05, 0) is 30.7 Å². The Bertz CT molecular complexity index is 643. The molecule has 118 valence electrons. The molecule has 3 heterocycles. The molecule has 6 heteroatoms. The lowest BCUT2D eigenvalue weighted by Crippen LogP contribution is -2.33. The molecule has 1 aliphatic heterocycles. The van der Waals surface area contributed by atoms with Crippen LogP contribution in [-0.2, 0) is 0 Å². The average Bonchev–Trinajstić information content (AvgIpc) is 3.19. The number of β-amino-alcohol motifs (C(OH)–C–C–N with tert-alkyl or cyclic N) is 1. The van der Waals surface area contributed by atoms with Crippen LogP contribution in [0.25, 0.3) is 11.0 Å². The molecule has 2 aromatic rings. The molecule has 4 rings (SSSR count). The van der Waals surface area contributed by atoms with Gasteiger partial charge in [-0.2, -0.15) is 0 Å². The van der Waals surface area contributed by atoms with Gasteiger partial charge in [0.05, 0.1) is 12.0 Å². The Morgan fingerprint density at radius 2 is 2.09 bits per heavy atom. The number of hydrogen-bond acceptors (Lipinski definition) is 5. The van der Waals surface area contributed by atoms with Crippen LogP contribution in [-0.4, -0.2) is 64.3 Å². The first-order valence-corrected chi connectivity index (χ1v) is 8.10. The van der Waals surface area contributed by atoms with Gasteiger partial charge in [-0.3, -0.25) is 0 Å². The van der Waals surface area contributed by atoms with E-state index in [2.05, 4.69) is 37.9 Å². The van der Waals surface area contributed by atoms with Crippen LogP contribution in [0.4, 0.5) is 5.82 Å². The van der Waals surface area contributed by atoms with Gasteiger partial charge in [0.25, 0.3) is 0 Å². The van der Waals surface area contributed by atoms with E-state index in [0.29, 0.717) is 6.04 Å². The molecule has 1 saturated heterocycles. The Labute approximate surface area is 130 Å². The van der Waals surface area contributed by atoms with Crippen LogP contribution < -0.4 is 4.90 Å². The Kier molecular flexibility index (Phi) is 3.50. The van der Waals surface area contributed by atoms with Gasteiger partial charge in [-0.15, -0.1) is 0 Å². The van der Waals surface area contributed by atoms with E-state index in [-0.39, 0.29) is 6.61 Å². The van der Waals surface area contributed by atoms with Crippen molar-refractivity contribution in [3.63, 3.8) is 0 Å². The molecule has 1 aliphatic carbocycles. The number of rotatable bonds is 4. The lowest BCUT2D eigenvalue weighted by atomic mass is 10.0. The fourth-order valence-electron chi connectivity index (χ4n) is 4.32. The number of hydrogen-bond donors (Lipinski definition) is 2. The third kappa shape index (κ3) is 2.27. The normalized spacial score (nSPS) is 28.4. The first kappa shape index (κ1) is 14.0. The molecule has 2 N–H and O–H groups in total. The highest BCUT2D eigenvalue weighted by molar-refractivity contribution is 5.87. The summed E-state index contributed by atoms with van der Waals surface area (Å²) < 4.78 is 0. The summed E-state index contributed by atoms with van der Waals surface area (Å²) in [6, 6.07) is 2.61. The molecule has 1 saturated carbocycles. The van der Waals surface area contributed by atoms with Crippen LogP contribution in [0, 0.1) is 11.8 Å². The van der Waals surface area contributed by atoms with Crippen molar-refractivity contribution >= 4 is 16.9 Å². The number of anilines is 1. The topological polar surface area (TPSA) is 68.3 Å². The van der Waals surface area contributed by atoms with Crippen molar-refractivity contribution in [1.29, 1.82) is 0 Å². The predicted octanol–water partition coefficient (Wildman–Crippen LogP) is 1.10. The minimum absolute atomic E-state index is 0.273. The summed E-state index contributed by atoms with van der Waals surface area (Å²) >= 11 is 0. The van der Waals surface area contributed by atoms with Gasteiger partial charge >= 0.3 is 0 Å². The summed E-state index contributed by atoms with van der Waals surface area (Å²) in [6.07, 6.45) is 6.01. The van der Waals surface area contributed by atoms with Crippen LogP contribution in [0.15, 0.2) is 18.6 Å². The number of aliphatic hydroxyl groups excluding tert-OH is 1. The SMILES string of the molecule is CN(c1ncnc2[nH]ccc12)[C@@H]1C[C@@H]2CN(CCO)C[C@@H]2C1. The van der Waals surface area contributed by atoms with Gasteiger partial charge in [-0.25, -0.2) is 9.97 Å². The Hall–Kier alpha value is -1.66. The zero-order valence-electron chi connectivity index (χ0n) is 12.9. The van der Waals surface area contributed by atoms with E-state index in [1.165, 1.54) is 12.8 Å². The monoisotopic (exact) mass is 301 g/mol. The molecular weight excluding hydrogens is 278 g/mol. The third-order valence-electron chi connectivity index (χ3n) is 5.43. The number of H-pyrrole nitrogens is 1. The smallest absolute Gasteiger partial charge is 0.142 e. The molecule has 22 heavy (non-hydrogen) atoms. The minimum atomic E-state index is 0.273. The average molecular weight is 301 g/mol. The first-order chi connectivity index (χ1) is 10.8. The van der Waals surface area contributed by atoms with Gasteiger partial charge in [0.15, 0.2) is 0 Å². The quantitative estimate of drug-likeness (QED) is 0.885. The number of aromatic nitrogens is 3. The summed E-state index contributed by atoms with van der Waals surface area (Å²) in [5.74, 6) is 2.56. The highest BCUT2D eigenvalue weighted by Crippen LogP contribution is 2.41. The summed E-state index contributed by atoms with van der Waals surface area (Å²) in [6.45, 7) is 3.37. The van der Waals surface area contributed by atoms with E-state index >= 15 is 0 Å². The fraction of sp³-hybridized carbons (Fsp3) is 0.625. The zero-order valence-corrected chi connectivity index (χ0v) is 12.9. The molecule has 2 fully saturated rings. The summed E-state index contributed by atoms with van der Waals surface area (Å²) in [5, 5.41) is 10.2. The van der Waals surface area contributed by atoms with Crippen LogP contribution in [0.3, 0.4) is 0 Å². The van der Waals surface area contributed by atoms with Gasteiger partial charge in [-0.1, -0.05) is 0 Å². The fourth-order valence-corrected chi connectivity index (χ4v) is 4.32. The number of likely N-dealkylation sites (tertiary alicyclic amines) is 1. The molecule has 0 unspecified atom stereocenters. The van der Waals surface area contributed by atoms with Crippen molar-refractivity contribution in [2.24, 2.45) is 11.8 Å². The molecule has 0 amide bonds. The van der Waals surface area contributed by atoms with Crippen molar-refractivity contribution in [2.75, 3.05) is 38.2 Å². The maximum absolute atomic E-state index is 9.09. The predicted molar refractivity (Wildman–Crippen MR) is 85.8 cm³/mol.